The molecule has 0 aliphatic rings. The molecule has 0 aromatic carbocycles. The summed E-state index contributed by atoms with van der Waals surface area (Å²) in [7, 11) is 0. The molecule has 0 bridgehead atoms. The van der Waals surface area contributed by atoms with Gasteiger partial charge in [-0.25, -0.2) is 0 Å². The zero-order valence-electron chi connectivity index (χ0n) is 8.48. The minimum atomic E-state index is -0.391. The molecule has 2 aromatic heterocycles. The fourth-order valence-electron chi connectivity index (χ4n) is 1.12. The summed E-state index contributed by atoms with van der Waals surface area (Å²) in [6, 6.07) is 5.72. The largest absolute Gasteiger partial charge is 0.328 e. The van der Waals surface area contributed by atoms with Crippen LogP contribution in [-0.4, -0.2) is 21.1 Å². The van der Waals surface area contributed by atoms with Crippen molar-refractivity contribution in [2.24, 2.45) is 0 Å². The lowest BCUT2D eigenvalue weighted by atomic mass is 10.3. The maximum Gasteiger partial charge on any atom is 0.258 e. The van der Waals surface area contributed by atoms with E-state index in [0.717, 1.165) is 0 Å². The second-order valence-corrected chi connectivity index (χ2v) is 3.52. The van der Waals surface area contributed by atoms with Gasteiger partial charge in [0.25, 0.3) is 5.91 Å². The summed E-state index contributed by atoms with van der Waals surface area (Å²) in [6.45, 7) is 0. The highest BCUT2D eigenvalue weighted by atomic mass is 35.5. The first-order valence-electron chi connectivity index (χ1n) is 4.64. The van der Waals surface area contributed by atoms with E-state index in [0.29, 0.717) is 5.56 Å². The highest BCUT2D eigenvalue weighted by Crippen LogP contribution is 2.07. The van der Waals surface area contributed by atoms with Gasteiger partial charge in [0.1, 0.15) is 0 Å². The lowest BCUT2D eigenvalue weighted by molar-refractivity contribution is 0.102. The van der Waals surface area contributed by atoms with Crippen LogP contribution < -0.4 is 10.9 Å². The Morgan fingerprint density at radius 1 is 1.24 bits per heavy atom. The molecular weight excluding hydrogens is 244 g/mol. The summed E-state index contributed by atoms with van der Waals surface area (Å²) in [5, 5.41) is 10.0. The van der Waals surface area contributed by atoms with Crippen LogP contribution in [-0.2, 0) is 0 Å². The van der Waals surface area contributed by atoms with Gasteiger partial charge in [-0.15, -0.1) is 10.2 Å². The molecule has 6 nitrogen and oxygen atoms in total. The van der Waals surface area contributed by atoms with Crippen molar-refractivity contribution >= 4 is 23.3 Å². The van der Waals surface area contributed by atoms with E-state index < -0.39 is 5.91 Å². The molecule has 2 aromatic rings. The molecule has 0 atom stereocenters. The molecule has 0 aliphatic carbocycles. The van der Waals surface area contributed by atoms with Gasteiger partial charge in [-0.05, 0) is 18.2 Å². The summed E-state index contributed by atoms with van der Waals surface area (Å²) in [5.74, 6) is -0.108. The first kappa shape index (κ1) is 11.3. The summed E-state index contributed by atoms with van der Waals surface area (Å²) >= 11 is 5.56. The highest BCUT2D eigenvalue weighted by molar-refractivity contribution is 6.29. The Morgan fingerprint density at radius 2 is 2.06 bits per heavy atom. The number of aromatic nitrogens is 3. The zero-order chi connectivity index (χ0) is 12.3. The molecule has 2 N–H and O–H groups in total. The molecular formula is C10H7ClN4O2. The fourth-order valence-corrected chi connectivity index (χ4v) is 1.22. The molecule has 7 heteroatoms. The van der Waals surface area contributed by atoms with Crippen LogP contribution in [0.25, 0.3) is 0 Å². The Morgan fingerprint density at radius 3 is 2.65 bits per heavy atom. The number of carbonyl (C=O) groups excluding carboxylic acids is 1. The summed E-state index contributed by atoms with van der Waals surface area (Å²) in [5.41, 5.74) is 0.0502. The lowest BCUT2D eigenvalue weighted by Crippen LogP contribution is -2.15. The van der Waals surface area contributed by atoms with Crippen molar-refractivity contribution < 1.29 is 4.79 Å². The maximum atomic E-state index is 11.7. The topological polar surface area (TPSA) is 87.7 Å². The van der Waals surface area contributed by atoms with Crippen molar-refractivity contribution in [2.45, 2.75) is 0 Å². The predicted molar refractivity (Wildman–Crippen MR) is 62.1 cm³/mol. The molecule has 2 heterocycles. The van der Waals surface area contributed by atoms with Crippen LogP contribution in [0.5, 0.6) is 0 Å². The molecule has 0 aliphatic heterocycles. The second kappa shape index (κ2) is 4.75. The van der Waals surface area contributed by atoms with Gasteiger partial charge >= 0.3 is 0 Å². The first-order valence-corrected chi connectivity index (χ1v) is 5.02. The third-order valence-corrected chi connectivity index (χ3v) is 2.12. The number of pyridine rings is 1. The Labute approximate surface area is 101 Å². The SMILES string of the molecule is O=C(Nc1ccc(Cl)nn1)c1ccc(=O)[nH]c1. The fraction of sp³-hybridized carbons (Fsp3) is 0. The van der Waals surface area contributed by atoms with Gasteiger partial charge in [0.05, 0.1) is 5.56 Å². The molecule has 0 spiro atoms. The number of hydrogen-bond acceptors (Lipinski definition) is 4. The van der Waals surface area contributed by atoms with Crippen LogP contribution in [0.2, 0.25) is 5.15 Å². The number of rotatable bonds is 2. The first-order chi connectivity index (χ1) is 8.15. The molecule has 2 rings (SSSR count). The maximum absolute atomic E-state index is 11.7. The van der Waals surface area contributed by atoms with E-state index in [4.69, 9.17) is 11.6 Å². The molecule has 1 amide bonds. The van der Waals surface area contributed by atoms with Gasteiger partial charge in [-0.1, -0.05) is 11.6 Å². The van der Waals surface area contributed by atoms with E-state index in [2.05, 4.69) is 20.5 Å². The van der Waals surface area contributed by atoms with Crippen LogP contribution in [0.3, 0.4) is 0 Å². The molecule has 86 valence electrons. The monoisotopic (exact) mass is 250 g/mol. The van der Waals surface area contributed by atoms with E-state index in [1.54, 1.807) is 0 Å². The normalized spacial score (nSPS) is 9.94. The predicted octanol–water partition coefficient (Wildman–Crippen LogP) is 1.07. The van der Waals surface area contributed by atoms with Gasteiger partial charge in [0, 0.05) is 12.3 Å². The highest BCUT2D eigenvalue weighted by Gasteiger charge is 2.06. The van der Waals surface area contributed by atoms with Crippen LogP contribution in [0, 0.1) is 0 Å². The number of H-pyrrole nitrogens is 1. The number of nitrogens with one attached hydrogen (secondary N) is 2. The standard InChI is InChI=1S/C10H7ClN4O2/c11-7-2-3-8(15-14-7)13-10(17)6-1-4-9(16)12-5-6/h1-5H,(H,12,16)(H,13,15,17). The van der Waals surface area contributed by atoms with E-state index in [9.17, 15) is 9.59 Å². The van der Waals surface area contributed by atoms with Crippen molar-refractivity contribution in [1.29, 1.82) is 0 Å². The van der Waals surface area contributed by atoms with Crippen molar-refractivity contribution in [3.63, 3.8) is 0 Å². The Bertz CT molecular complexity index is 574. The van der Waals surface area contributed by atoms with Gasteiger partial charge in [0.2, 0.25) is 5.56 Å². The average Bonchev–Trinajstić information content (AvgIpc) is 2.33. The minimum Gasteiger partial charge on any atom is -0.328 e. The lowest BCUT2D eigenvalue weighted by Gasteiger charge is -2.02. The Hall–Kier alpha value is -2.21. The van der Waals surface area contributed by atoms with E-state index in [1.165, 1.54) is 30.5 Å². The van der Waals surface area contributed by atoms with Crippen molar-refractivity contribution in [3.8, 4) is 0 Å². The number of carbonyl (C=O) groups is 1. The smallest absolute Gasteiger partial charge is 0.258 e. The van der Waals surface area contributed by atoms with Crippen LogP contribution in [0.1, 0.15) is 10.4 Å². The third-order valence-electron chi connectivity index (χ3n) is 1.92. The van der Waals surface area contributed by atoms with E-state index in [-0.39, 0.29) is 16.5 Å². The van der Waals surface area contributed by atoms with Gasteiger partial charge in [-0.2, -0.15) is 0 Å². The minimum absolute atomic E-state index is 0.243. The summed E-state index contributed by atoms with van der Waals surface area (Å²) < 4.78 is 0. The number of nitrogens with zero attached hydrogens (tertiary/aromatic N) is 2. The molecule has 17 heavy (non-hydrogen) atoms. The molecule has 0 fully saturated rings. The number of aromatic amines is 1. The Kier molecular flexibility index (Phi) is 3.15. The van der Waals surface area contributed by atoms with Crippen LogP contribution in [0.4, 0.5) is 5.82 Å². The second-order valence-electron chi connectivity index (χ2n) is 3.14. The van der Waals surface area contributed by atoms with Crippen molar-refractivity contribution in [3.05, 3.63) is 51.5 Å². The molecule has 0 saturated carbocycles. The number of anilines is 1. The van der Waals surface area contributed by atoms with Crippen LogP contribution >= 0.6 is 11.6 Å². The Balaban J connectivity index is 2.14. The number of halogens is 1. The zero-order valence-corrected chi connectivity index (χ0v) is 9.23. The average molecular weight is 251 g/mol. The number of amides is 1. The molecule has 0 unspecified atom stereocenters. The van der Waals surface area contributed by atoms with Crippen molar-refractivity contribution in [2.75, 3.05) is 5.32 Å². The van der Waals surface area contributed by atoms with Crippen LogP contribution in [0.15, 0.2) is 35.3 Å². The van der Waals surface area contributed by atoms with Gasteiger partial charge in [-0.3, -0.25) is 9.59 Å². The number of hydrogen-bond donors (Lipinski definition) is 2. The van der Waals surface area contributed by atoms with E-state index in [1.807, 2.05) is 0 Å². The summed E-state index contributed by atoms with van der Waals surface area (Å²) in [4.78, 5) is 24.9. The molecule has 0 saturated heterocycles. The van der Waals surface area contributed by atoms with Gasteiger partial charge in [0.15, 0.2) is 11.0 Å². The third kappa shape index (κ3) is 2.88. The van der Waals surface area contributed by atoms with Gasteiger partial charge < -0.3 is 10.3 Å². The quantitative estimate of drug-likeness (QED) is 0.835. The van der Waals surface area contributed by atoms with Crippen molar-refractivity contribution in [1.82, 2.24) is 15.2 Å². The molecule has 0 radical (unpaired) electrons. The van der Waals surface area contributed by atoms with E-state index >= 15 is 0 Å². The summed E-state index contributed by atoms with van der Waals surface area (Å²) in [6.07, 6.45) is 1.32.